The fraction of sp³-hybridized carbons (Fsp3) is 0.0909. The number of nitrogens with zero attached hydrogens (tertiary/aromatic N) is 1. The van der Waals surface area contributed by atoms with Gasteiger partial charge in [0.15, 0.2) is 0 Å². The first-order chi connectivity index (χ1) is 12.4. The summed E-state index contributed by atoms with van der Waals surface area (Å²) in [6.45, 7) is 0. The van der Waals surface area contributed by atoms with Crippen LogP contribution in [0.15, 0.2) is 72.9 Å². The van der Waals surface area contributed by atoms with Gasteiger partial charge in [-0.2, -0.15) is 13.2 Å². The third-order valence-corrected chi connectivity index (χ3v) is 4.58. The van der Waals surface area contributed by atoms with Crippen LogP contribution in [0.3, 0.4) is 0 Å². The first-order valence-electron chi connectivity index (χ1n) is 8.25. The van der Waals surface area contributed by atoms with E-state index < -0.39 is 11.7 Å². The lowest BCUT2D eigenvalue weighted by atomic mass is 10.00. The fourth-order valence-electron chi connectivity index (χ4n) is 3.33. The highest BCUT2D eigenvalue weighted by atomic mass is 19.4. The van der Waals surface area contributed by atoms with Gasteiger partial charge in [0.1, 0.15) is 0 Å². The van der Waals surface area contributed by atoms with E-state index >= 15 is 0 Å². The molecule has 130 valence electrons. The van der Waals surface area contributed by atoms with Crippen LogP contribution in [0.4, 0.5) is 13.2 Å². The van der Waals surface area contributed by atoms with Crippen molar-refractivity contribution in [2.45, 2.75) is 6.18 Å². The summed E-state index contributed by atoms with van der Waals surface area (Å²) in [4.78, 5) is 0. The Morgan fingerprint density at radius 1 is 0.885 bits per heavy atom. The fourth-order valence-corrected chi connectivity index (χ4v) is 3.33. The lowest BCUT2D eigenvalue weighted by Gasteiger charge is -2.12. The second-order valence-corrected chi connectivity index (χ2v) is 6.33. The van der Waals surface area contributed by atoms with Crippen LogP contribution >= 0.6 is 0 Å². The van der Waals surface area contributed by atoms with Crippen molar-refractivity contribution in [3.63, 3.8) is 0 Å². The van der Waals surface area contributed by atoms with Gasteiger partial charge >= 0.3 is 6.18 Å². The first kappa shape index (κ1) is 16.5. The van der Waals surface area contributed by atoms with Crippen molar-refractivity contribution >= 4 is 33.3 Å². The predicted molar refractivity (Wildman–Crippen MR) is 101 cm³/mol. The van der Waals surface area contributed by atoms with Gasteiger partial charge in [-0.3, -0.25) is 0 Å². The van der Waals surface area contributed by atoms with E-state index in [-0.39, 0.29) is 5.56 Å². The molecule has 1 aromatic heterocycles. The van der Waals surface area contributed by atoms with Crippen molar-refractivity contribution in [2.75, 3.05) is 0 Å². The standard InChI is InChI=1S/C22H16F3N/c1-26-14-19(18-8-4-5-9-21(18)26)20(22(23,24)25)13-15-10-11-16-6-2-3-7-17(16)12-15/h2-14H,1H3/b20-13+. The normalized spacial score (nSPS) is 12.8. The predicted octanol–water partition coefficient (Wildman–Crippen LogP) is 6.43. The molecule has 0 N–H and O–H groups in total. The Morgan fingerprint density at radius 3 is 2.35 bits per heavy atom. The Bertz CT molecular complexity index is 1130. The molecule has 4 aromatic rings. The van der Waals surface area contributed by atoms with Gasteiger partial charge in [0.25, 0.3) is 0 Å². The van der Waals surface area contributed by atoms with Crippen molar-refractivity contribution in [2.24, 2.45) is 7.05 Å². The molecule has 3 aromatic carbocycles. The molecule has 1 heterocycles. The van der Waals surface area contributed by atoms with Crippen molar-refractivity contribution in [3.05, 3.63) is 84.1 Å². The van der Waals surface area contributed by atoms with Gasteiger partial charge in [0.05, 0.1) is 5.57 Å². The first-order valence-corrected chi connectivity index (χ1v) is 8.25. The zero-order valence-corrected chi connectivity index (χ0v) is 14.1. The number of hydrogen-bond acceptors (Lipinski definition) is 0. The van der Waals surface area contributed by atoms with Crippen molar-refractivity contribution in [1.82, 2.24) is 4.57 Å². The summed E-state index contributed by atoms with van der Waals surface area (Å²) in [7, 11) is 1.76. The minimum Gasteiger partial charge on any atom is -0.350 e. The summed E-state index contributed by atoms with van der Waals surface area (Å²) in [5, 5.41) is 2.52. The minimum absolute atomic E-state index is 0.198. The molecule has 4 heteroatoms. The summed E-state index contributed by atoms with van der Waals surface area (Å²) < 4.78 is 43.3. The maximum absolute atomic E-state index is 13.9. The number of allylic oxidation sites excluding steroid dienone is 1. The van der Waals surface area contributed by atoms with Crippen LogP contribution < -0.4 is 0 Å². The Balaban J connectivity index is 1.93. The number of aromatic nitrogens is 1. The van der Waals surface area contributed by atoms with Crippen LogP contribution in [0.2, 0.25) is 0 Å². The van der Waals surface area contributed by atoms with Gasteiger partial charge in [-0.25, -0.2) is 0 Å². The second-order valence-electron chi connectivity index (χ2n) is 6.33. The van der Waals surface area contributed by atoms with Crippen LogP contribution in [0.25, 0.3) is 33.3 Å². The molecular formula is C22H16F3N. The van der Waals surface area contributed by atoms with E-state index in [1.54, 1.807) is 42.1 Å². The second kappa shape index (κ2) is 6.06. The van der Waals surface area contributed by atoms with Crippen molar-refractivity contribution in [3.8, 4) is 0 Å². The summed E-state index contributed by atoms with van der Waals surface area (Å²) in [6.07, 6.45) is -1.67. The number of benzene rings is 3. The highest BCUT2D eigenvalue weighted by molar-refractivity contribution is 5.99. The zero-order valence-electron chi connectivity index (χ0n) is 14.1. The van der Waals surface area contributed by atoms with Crippen LogP contribution in [0, 0.1) is 0 Å². The summed E-state index contributed by atoms with van der Waals surface area (Å²) >= 11 is 0. The highest BCUT2D eigenvalue weighted by Crippen LogP contribution is 2.39. The van der Waals surface area contributed by atoms with Gasteiger partial charge < -0.3 is 4.57 Å². The van der Waals surface area contributed by atoms with E-state index in [0.717, 1.165) is 16.3 Å². The Morgan fingerprint density at radius 2 is 1.58 bits per heavy atom. The Hall–Kier alpha value is -3.01. The molecule has 0 fully saturated rings. The molecule has 0 bridgehead atoms. The molecular weight excluding hydrogens is 335 g/mol. The van der Waals surface area contributed by atoms with E-state index in [1.165, 1.54) is 6.08 Å². The summed E-state index contributed by atoms with van der Waals surface area (Å²) in [5.74, 6) is 0. The summed E-state index contributed by atoms with van der Waals surface area (Å²) in [6, 6.07) is 20.1. The lowest BCUT2D eigenvalue weighted by molar-refractivity contribution is -0.0682. The molecule has 26 heavy (non-hydrogen) atoms. The monoisotopic (exact) mass is 351 g/mol. The third kappa shape index (κ3) is 2.88. The molecule has 1 nitrogen and oxygen atoms in total. The Kier molecular flexibility index (Phi) is 3.83. The maximum Gasteiger partial charge on any atom is 0.417 e. The number of hydrogen-bond donors (Lipinski definition) is 0. The van der Waals surface area contributed by atoms with E-state index in [1.807, 2.05) is 42.5 Å². The van der Waals surface area contributed by atoms with E-state index in [9.17, 15) is 13.2 Å². The topological polar surface area (TPSA) is 4.93 Å². The van der Waals surface area contributed by atoms with Gasteiger partial charge in [-0.1, -0.05) is 54.6 Å². The SMILES string of the molecule is Cn1cc(/C(=C\c2ccc3ccccc3c2)C(F)(F)F)c2ccccc21. The van der Waals surface area contributed by atoms with Gasteiger partial charge in [-0.15, -0.1) is 0 Å². The number of aryl methyl sites for hydroxylation is 1. The van der Waals surface area contributed by atoms with Crippen LogP contribution in [-0.4, -0.2) is 10.7 Å². The van der Waals surface area contributed by atoms with Gasteiger partial charge in [0, 0.05) is 29.7 Å². The Labute approximate surface area is 149 Å². The lowest BCUT2D eigenvalue weighted by Crippen LogP contribution is -2.10. The molecule has 4 rings (SSSR count). The van der Waals surface area contributed by atoms with E-state index in [2.05, 4.69) is 0 Å². The highest BCUT2D eigenvalue weighted by Gasteiger charge is 2.36. The average Bonchev–Trinajstić information content (AvgIpc) is 2.95. The average molecular weight is 351 g/mol. The number of para-hydroxylation sites is 1. The quantitative estimate of drug-likeness (QED) is 0.392. The van der Waals surface area contributed by atoms with Gasteiger partial charge in [0.2, 0.25) is 0 Å². The van der Waals surface area contributed by atoms with E-state index in [4.69, 9.17) is 0 Å². The molecule has 0 aliphatic carbocycles. The third-order valence-electron chi connectivity index (χ3n) is 4.58. The minimum atomic E-state index is -4.45. The number of rotatable bonds is 2. The zero-order chi connectivity index (χ0) is 18.3. The molecule has 0 saturated carbocycles. The molecule has 0 amide bonds. The molecule has 0 spiro atoms. The number of fused-ring (bicyclic) bond motifs is 2. The maximum atomic E-state index is 13.9. The molecule has 0 aliphatic rings. The molecule has 0 aliphatic heterocycles. The number of alkyl halides is 3. The van der Waals surface area contributed by atoms with Crippen LogP contribution in [0.5, 0.6) is 0 Å². The van der Waals surface area contributed by atoms with Gasteiger partial charge in [-0.05, 0) is 34.5 Å². The molecule has 0 unspecified atom stereocenters. The van der Waals surface area contributed by atoms with Crippen molar-refractivity contribution < 1.29 is 13.2 Å². The van der Waals surface area contributed by atoms with Crippen molar-refractivity contribution in [1.29, 1.82) is 0 Å². The molecule has 0 radical (unpaired) electrons. The summed E-state index contributed by atoms with van der Waals surface area (Å²) in [5.41, 5.74) is 0.869. The number of halogens is 3. The smallest absolute Gasteiger partial charge is 0.350 e. The van der Waals surface area contributed by atoms with Crippen LogP contribution in [0.1, 0.15) is 11.1 Å². The molecule has 0 atom stereocenters. The van der Waals surface area contributed by atoms with Crippen LogP contribution in [-0.2, 0) is 7.05 Å². The van der Waals surface area contributed by atoms with E-state index in [0.29, 0.717) is 10.9 Å². The molecule has 0 saturated heterocycles. The largest absolute Gasteiger partial charge is 0.417 e.